The van der Waals surface area contributed by atoms with Crippen LogP contribution in [0.15, 0.2) is 35.4 Å². The largest absolute Gasteiger partial charge is 0.377 e. The third-order valence-electron chi connectivity index (χ3n) is 2.93. The summed E-state index contributed by atoms with van der Waals surface area (Å²) in [6.45, 7) is 3.62. The molecule has 2 N–H and O–H groups in total. The summed E-state index contributed by atoms with van der Waals surface area (Å²) in [5, 5.41) is 6.14. The number of hydrazone groups is 1. The summed E-state index contributed by atoms with van der Waals surface area (Å²) in [5.74, 6) is -0.0831. The van der Waals surface area contributed by atoms with E-state index in [2.05, 4.69) is 12.0 Å². The molecule has 96 valence electrons. The lowest BCUT2D eigenvalue weighted by Crippen LogP contribution is -2.40. The predicted octanol–water partition coefficient (Wildman–Crippen LogP) is 2.46. The maximum atomic E-state index is 11.8. The summed E-state index contributed by atoms with van der Waals surface area (Å²) in [5.41, 5.74) is 6.89. The Hall–Kier alpha value is -1.49. The minimum Gasteiger partial charge on any atom is -0.377 e. The van der Waals surface area contributed by atoms with Crippen molar-refractivity contribution in [1.82, 2.24) is 5.01 Å². The van der Waals surface area contributed by atoms with E-state index in [0.717, 1.165) is 18.4 Å². The molecule has 1 unspecified atom stereocenters. The first-order valence-electron chi connectivity index (χ1n) is 5.99. The van der Waals surface area contributed by atoms with Crippen molar-refractivity contribution in [3.63, 3.8) is 0 Å². The average Bonchev–Trinajstić information content (AvgIpc) is 2.69. The van der Waals surface area contributed by atoms with E-state index in [1.807, 2.05) is 30.3 Å². The zero-order valence-corrected chi connectivity index (χ0v) is 11.4. The molecule has 0 aliphatic carbocycles. The summed E-state index contributed by atoms with van der Waals surface area (Å²) < 4.78 is 0. The number of benzene rings is 1. The standard InChI is InChI=1S/C13H17N3OS/c1-3-9-13(11-7-5-4-6-8-11)16(10(2)17)15-12(14)18-13/h4-8H,3,9H2,1-2H3,(H2,14,15). The molecule has 0 bridgehead atoms. The lowest BCUT2D eigenvalue weighted by molar-refractivity contribution is -0.132. The van der Waals surface area contributed by atoms with Gasteiger partial charge in [-0.3, -0.25) is 4.79 Å². The van der Waals surface area contributed by atoms with Gasteiger partial charge in [0.25, 0.3) is 0 Å². The lowest BCUT2D eigenvalue weighted by Gasteiger charge is -2.34. The Morgan fingerprint density at radius 1 is 1.44 bits per heavy atom. The van der Waals surface area contributed by atoms with E-state index in [4.69, 9.17) is 5.73 Å². The first-order chi connectivity index (χ1) is 8.60. The van der Waals surface area contributed by atoms with Gasteiger partial charge in [0.1, 0.15) is 4.87 Å². The van der Waals surface area contributed by atoms with Gasteiger partial charge in [-0.1, -0.05) is 55.4 Å². The predicted molar refractivity (Wildman–Crippen MR) is 74.8 cm³/mol. The number of carbonyl (C=O) groups excluding carboxylic acids is 1. The molecule has 0 radical (unpaired) electrons. The first kappa shape index (κ1) is 13.0. The number of hydrogen-bond donors (Lipinski definition) is 1. The number of amides is 1. The highest BCUT2D eigenvalue weighted by atomic mass is 32.2. The molecular formula is C13H17N3OS. The van der Waals surface area contributed by atoms with Crippen molar-refractivity contribution in [3.8, 4) is 0 Å². The molecule has 1 aliphatic heterocycles. The number of amidine groups is 1. The van der Waals surface area contributed by atoms with Crippen LogP contribution in [0.1, 0.15) is 32.3 Å². The Morgan fingerprint density at radius 2 is 2.11 bits per heavy atom. The van der Waals surface area contributed by atoms with Gasteiger partial charge in [-0.15, -0.1) is 5.10 Å². The quantitative estimate of drug-likeness (QED) is 0.911. The van der Waals surface area contributed by atoms with E-state index in [0.29, 0.717) is 5.17 Å². The van der Waals surface area contributed by atoms with Crippen LogP contribution in [0.25, 0.3) is 0 Å². The molecule has 1 amide bonds. The molecule has 1 heterocycles. The van der Waals surface area contributed by atoms with Crippen LogP contribution in [0.2, 0.25) is 0 Å². The summed E-state index contributed by atoms with van der Waals surface area (Å²) in [6.07, 6.45) is 1.78. The van der Waals surface area contributed by atoms with Gasteiger partial charge in [0.2, 0.25) is 5.91 Å². The maximum Gasteiger partial charge on any atom is 0.241 e. The molecular weight excluding hydrogens is 246 g/mol. The minimum absolute atomic E-state index is 0.0831. The molecule has 0 aromatic heterocycles. The number of nitrogens with zero attached hydrogens (tertiary/aromatic N) is 2. The van der Waals surface area contributed by atoms with Gasteiger partial charge in [0.05, 0.1) is 0 Å². The van der Waals surface area contributed by atoms with Gasteiger partial charge in [-0.25, -0.2) is 5.01 Å². The summed E-state index contributed by atoms with van der Waals surface area (Å²) in [6, 6.07) is 9.95. The van der Waals surface area contributed by atoms with E-state index in [1.54, 1.807) is 0 Å². The molecule has 0 saturated carbocycles. The summed E-state index contributed by atoms with van der Waals surface area (Å²) in [4.78, 5) is 11.3. The van der Waals surface area contributed by atoms with Crippen LogP contribution >= 0.6 is 11.8 Å². The summed E-state index contributed by atoms with van der Waals surface area (Å²) >= 11 is 1.46. The Kier molecular flexibility index (Phi) is 3.61. The summed E-state index contributed by atoms with van der Waals surface area (Å²) in [7, 11) is 0. The second-order valence-corrected chi connectivity index (χ2v) is 5.57. The van der Waals surface area contributed by atoms with Crippen LogP contribution in [0.5, 0.6) is 0 Å². The molecule has 0 fully saturated rings. The van der Waals surface area contributed by atoms with Crippen LogP contribution < -0.4 is 5.73 Å². The van der Waals surface area contributed by atoms with Crippen LogP contribution in [-0.4, -0.2) is 16.1 Å². The maximum absolute atomic E-state index is 11.8. The molecule has 1 aromatic rings. The van der Waals surface area contributed by atoms with E-state index in [-0.39, 0.29) is 5.91 Å². The number of rotatable bonds is 3. The molecule has 0 saturated heterocycles. The highest BCUT2D eigenvalue weighted by Gasteiger charge is 2.46. The van der Waals surface area contributed by atoms with Crippen molar-refractivity contribution in [2.45, 2.75) is 31.6 Å². The van der Waals surface area contributed by atoms with E-state index < -0.39 is 4.87 Å². The van der Waals surface area contributed by atoms with Crippen molar-refractivity contribution >= 4 is 22.8 Å². The molecule has 5 heteroatoms. The van der Waals surface area contributed by atoms with Crippen LogP contribution in [-0.2, 0) is 9.67 Å². The van der Waals surface area contributed by atoms with Crippen molar-refractivity contribution in [2.75, 3.05) is 0 Å². The highest BCUT2D eigenvalue weighted by Crippen LogP contribution is 2.47. The smallest absolute Gasteiger partial charge is 0.241 e. The van der Waals surface area contributed by atoms with Gasteiger partial charge in [-0.05, 0) is 12.0 Å². The molecule has 18 heavy (non-hydrogen) atoms. The molecule has 1 aliphatic rings. The van der Waals surface area contributed by atoms with Gasteiger partial charge >= 0.3 is 0 Å². The fourth-order valence-electron chi connectivity index (χ4n) is 2.26. The second-order valence-electron chi connectivity index (χ2n) is 4.27. The van der Waals surface area contributed by atoms with Gasteiger partial charge < -0.3 is 5.73 Å². The fraction of sp³-hybridized carbons (Fsp3) is 0.385. The van der Waals surface area contributed by atoms with Crippen molar-refractivity contribution in [2.24, 2.45) is 10.8 Å². The monoisotopic (exact) mass is 263 g/mol. The number of carbonyl (C=O) groups is 1. The van der Waals surface area contributed by atoms with Gasteiger partial charge in [-0.2, -0.15) is 0 Å². The number of nitrogens with two attached hydrogens (primary N) is 1. The van der Waals surface area contributed by atoms with Crippen LogP contribution in [0, 0.1) is 0 Å². The SMILES string of the molecule is CCCC1(c2ccccc2)SC(N)=NN1C(C)=O. The van der Waals surface area contributed by atoms with Gasteiger partial charge in [0.15, 0.2) is 5.17 Å². The Morgan fingerprint density at radius 3 is 2.67 bits per heavy atom. The molecule has 0 spiro atoms. The Labute approximate surface area is 111 Å². The Bertz CT molecular complexity index is 474. The lowest BCUT2D eigenvalue weighted by atomic mass is 10.0. The van der Waals surface area contributed by atoms with Crippen LogP contribution in [0.4, 0.5) is 0 Å². The molecule has 2 rings (SSSR count). The van der Waals surface area contributed by atoms with Crippen molar-refractivity contribution in [1.29, 1.82) is 0 Å². The van der Waals surface area contributed by atoms with E-state index in [9.17, 15) is 4.79 Å². The van der Waals surface area contributed by atoms with Crippen LogP contribution in [0.3, 0.4) is 0 Å². The number of thioether (sulfide) groups is 1. The van der Waals surface area contributed by atoms with E-state index >= 15 is 0 Å². The normalized spacial score (nSPS) is 23.0. The topological polar surface area (TPSA) is 58.7 Å². The second kappa shape index (κ2) is 5.02. The molecule has 1 aromatic carbocycles. The molecule has 4 nitrogen and oxygen atoms in total. The van der Waals surface area contributed by atoms with Gasteiger partial charge in [0, 0.05) is 6.92 Å². The average molecular weight is 263 g/mol. The Balaban J connectivity index is 2.48. The first-order valence-corrected chi connectivity index (χ1v) is 6.81. The third kappa shape index (κ3) is 2.10. The fourth-order valence-corrected chi connectivity index (χ4v) is 3.55. The molecule has 1 atom stereocenters. The number of hydrogen-bond acceptors (Lipinski definition) is 4. The zero-order valence-electron chi connectivity index (χ0n) is 10.6. The minimum atomic E-state index is -0.480. The van der Waals surface area contributed by atoms with Crippen molar-refractivity contribution in [3.05, 3.63) is 35.9 Å². The third-order valence-corrected chi connectivity index (χ3v) is 4.17. The zero-order chi connectivity index (χ0) is 13.2. The van der Waals surface area contributed by atoms with Crippen molar-refractivity contribution < 1.29 is 4.79 Å². The highest BCUT2D eigenvalue weighted by molar-refractivity contribution is 8.14. The van der Waals surface area contributed by atoms with E-state index in [1.165, 1.54) is 23.7 Å².